The Hall–Kier alpha value is -3.99. The Morgan fingerprint density at radius 2 is 1.91 bits per heavy atom. The SMILES string of the molecule is COc1ccc2[nH]c3c(c2c1)CCNC3c1c(O)n(-c2cccc(C(F)(F)F)c2)c(=O)[nH]c1=O. The Labute approximate surface area is 189 Å². The molecule has 8 nitrogen and oxygen atoms in total. The zero-order chi connectivity index (χ0) is 24.2. The van der Waals surface area contributed by atoms with Crippen molar-refractivity contribution in [3.8, 4) is 17.3 Å². The minimum Gasteiger partial charge on any atom is -0.497 e. The van der Waals surface area contributed by atoms with Crippen LogP contribution in [0.5, 0.6) is 11.6 Å². The number of rotatable bonds is 3. The number of halogens is 3. The average Bonchev–Trinajstić information content (AvgIpc) is 3.17. The first kappa shape index (κ1) is 21.8. The number of H-pyrrole nitrogens is 2. The maximum atomic E-state index is 13.2. The van der Waals surface area contributed by atoms with E-state index < -0.39 is 34.9 Å². The van der Waals surface area contributed by atoms with E-state index in [0.717, 1.165) is 34.7 Å². The minimum atomic E-state index is -4.65. The van der Waals surface area contributed by atoms with Crippen LogP contribution >= 0.6 is 0 Å². The van der Waals surface area contributed by atoms with Crippen molar-refractivity contribution in [2.45, 2.75) is 18.6 Å². The van der Waals surface area contributed by atoms with Crippen molar-refractivity contribution < 1.29 is 23.0 Å². The number of aromatic hydroxyl groups is 1. The molecule has 1 aliphatic heterocycles. The number of nitrogens with one attached hydrogen (secondary N) is 3. The van der Waals surface area contributed by atoms with Gasteiger partial charge in [0.15, 0.2) is 0 Å². The lowest BCUT2D eigenvalue weighted by molar-refractivity contribution is -0.137. The van der Waals surface area contributed by atoms with E-state index in [4.69, 9.17) is 4.74 Å². The third kappa shape index (κ3) is 3.45. The maximum absolute atomic E-state index is 13.2. The largest absolute Gasteiger partial charge is 0.497 e. The summed E-state index contributed by atoms with van der Waals surface area (Å²) in [5.41, 5.74) is -0.981. The molecule has 0 saturated carbocycles. The molecule has 0 spiro atoms. The molecule has 4 N–H and O–H groups in total. The normalized spacial score (nSPS) is 15.9. The van der Waals surface area contributed by atoms with Crippen LogP contribution in [0.25, 0.3) is 16.6 Å². The lowest BCUT2D eigenvalue weighted by atomic mass is 9.95. The fourth-order valence-corrected chi connectivity index (χ4v) is 4.44. The minimum absolute atomic E-state index is 0.184. The summed E-state index contributed by atoms with van der Waals surface area (Å²) in [6.07, 6.45) is -4.02. The Kier molecular flexibility index (Phi) is 5.01. The maximum Gasteiger partial charge on any atom is 0.416 e. The number of methoxy groups -OCH3 is 1. The second-order valence-corrected chi connectivity index (χ2v) is 7.95. The monoisotopic (exact) mass is 472 g/mol. The molecule has 0 radical (unpaired) electrons. The molecule has 3 heterocycles. The highest BCUT2D eigenvalue weighted by Gasteiger charge is 2.33. The second kappa shape index (κ2) is 7.80. The van der Waals surface area contributed by atoms with Gasteiger partial charge in [-0.1, -0.05) is 6.07 Å². The molecule has 5 rings (SSSR count). The third-order valence-corrected chi connectivity index (χ3v) is 6.00. The molecule has 176 valence electrons. The van der Waals surface area contributed by atoms with Crippen molar-refractivity contribution in [3.05, 3.63) is 85.7 Å². The average molecular weight is 472 g/mol. The molecule has 34 heavy (non-hydrogen) atoms. The van der Waals surface area contributed by atoms with Crippen LogP contribution in [0.3, 0.4) is 0 Å². The molecule has 2 aromatic carbocycles. The van der Waals surface area contributed by atoms with Gasteiger partial charge in [-0.05, 0) is 48.4 Å². The summed E-state index contributed by atoms with van der Waals surface area (Å²) in [5.74, 6) is -0.0853. The summed E-state index contributed by atoms with van der Waals surface area (Å²) in [5, 5.41) is 15.1. The van der Waals surface area contributed by atoms with Crippen LogP contribution in [0.1, 0.15) is 28.4 Å². The summed E-state index contributed by atoms with van der Waals surface area (Å²) in [6, 6.07) is 8.60. The van der Waals surface area contributed by atoms with Gasteiger partial charge in [0.05, 0.1) is 24.4 Å². The summed E-state index contributed by atoms with van der Waals surface area (Å²) in [6.45, 7) is 0.462. The molecule has 1 atom stereocenters. The quantitative estimate of drug-likeness (QED) is 0.366. The van der Waals surface area contributed by atoms with Gasteiger partial charge < -0.3 is 20.1 Å². The summed E-state index contributed by atoms with van der Waals surface area (Å²) in [4.78, 5) is 30.7. The molecule has 0 amide bonds. The van der Waals surface area contributed by atoms with Crippen molar-refractivity contribution in [3.63, 3.8) is 0 Å². The van der Waals surface area contributed by atoms with E-state index in [0.29, 0.717) is 29.0 Å². The topological polar surface area (TPSA) is 112 Å². The number of nitrogens with zero attached hydrogens (tertiary/aromatic N) is 1. The van der Waals surface area contributed by atoms with Crippen LogP contribution in [0.4, 0.5) is 13.2 Å². The lowest BCUT2D eigenvalue weighted by Gasteiger charge is -2.25. The van der Waals surface area contributed by atoms with Crippen LogP contribution in [0, 0.1) is 0 Å². The predicted octanol–water partition coefficient (Wildman–Crippen LogP) is 2.98. The van der Waals surface area contributed by atoms with Gasteiger partial charge in [-0.3, -0.25) is 9.78 Å². The number of benzene rings is 2. The molecule has 0 saturated heterocycles. The number of aromatic nitrogens is 3. The molecule has 1 unspecified atom stereocenters. The molecule has 2 aromatic heterocycles. The smallest absolute Gasteiger partial charge is 0.416 e. The number of aromatic amines is 2. The van der Waals surface area contributed by atoms with Crippen molar-refractivity contribution >= 4 is 10.9 Å². The number of hydrogen-bond donors (Lipinski definition) is 4. The van der Waals surface area contributed by atoms with Crippen LogP contribution in [-0.2, 0) is 12.6 Å². The molecule has 4 aromatic rings. The van der Waals surface area contributed by atoms with Gasteiger partial charge in [-0.25, -0.2) is 9.36 Å². The Morgan fingerprint density at radius 3 is 2.65 bits per heavy atom. The van der Waals surface area contributed by atoms with Gasteiger partial charge in [-0.15, -0.1) is 0 Å². The second-order valence-electron chi connectivity index (χ2n) is 7.95. The van der Waals surface area contributed by atoms with E-state index in [1.54, 1.807) is 13.2 Å². The van der Waals surface area contributed by atoms with Crippen LogP contribution in [-0.4, -0.2) is 33.3 Å². The number of fused-ring (bicyclic) bond motifs is 3. The molecular weight excluding hydrogens is 453 g/mol. The van der Waals surface area contributed by atoms with Crippen molar-refractivity contribution in [2.75, 3.05) is 13.7 Å². The standard InChI is InChI=1S/C23H19F3N4O4/c1-34-13-5-6-16-15(10-13)14-7-8-27-19(18(14)28-16)17-20(31)29-22(33)30(21(17)32)12-4-2-3-11(9-12)23(24,25)26/h2-6,9-10,19,27-28,32H,7-8H2,1H3,(H,29,31,33). The van der Waals surface area contributed by atoms with Gasteiger partial charge in [0.2, 0.25) is 5.88 Å². The lowest BCUT2D eigenvalue weighted by Crippen LogP contribution is -2.38. The van der Waals surface area contributed by atoms with Crippen LogP contribution < -0.4 is 21.3 Å². The third-order valence-electron chi connectivity index (χ3n) is 6.00. The van der Waals surface area contributed by atoms with E-state index in [9.17, 15) is 27.9 Å². The highest BCUT2D eigenvalue weighted by molar-refractivity contribution is 5.86. The molecule has 1 aliphatic rings. The van der Waals surface area contributed by atoms with Gasteiger partial charge >= 0.3 is 11.9 Å². The number of ether oxygens (including phenoxy) is 1. The first-order valence-electron chi connectivity index (χ1n) is 10.4. The van der Waals surface area contributed by atoms with Gasteiger partial charge in [0, 0.05) is 23.1 Å². The van der Waals surface area contributed by atoms with E-state index in [1.165, 1.54) is 6.07 Å². The van der Waals surface area contributed by atoms with Crippen molar-refractivity contribution in [1.29, 1.82) is 0 Å². The highest BCUT2D eigenvalue weighted by atomic mass is 19.4. The van der Waals surface area contributed by atoms with Crippen molar-refractivity contribution in [1.82, 2.24) is 19.9 Å². The van der Waals surface area contributed by atoms with E-state index >= 15 is 0 Å². The Morgan fingerprint density at radius 1 is 1.12 bits per heavy atom. The summed E-state index contributed by atoms with van der Waals surface area (Å²) < 4.78 is 45.6. The number of hydrogen-bond acceptors (Lipinski definition) is 5. The summed E-state index contributed by atoms with van der Waals surface area (Å²) >= 11 is 0. The summed E-state index contributed by atoms with van der Waals surface area (Å²) in [7, 11) is 1.55. The Balaban J connectivity index is 1.70. The first-order chi connectivity index (χ1) is 16.2. The fraction of sp³-hybridized carbons (Fsp3) is 0.217. The van der Waals surface area contributed by atoms with Gasteiger partial charge in [-0.2, -0.15) is 13.2 Å². The van der Waals surface area contributed by atoms with Gasteiger partial charge in [0.1, 0.15) is 11.3 Å². The van der Waals surface area contributed by atoms with Crippen molar-refractivity contribution in [2.24, 2.45) is 0 Å². The molecule has 0 fully saturated rings. The molecule has 11 heteroatoms. The van der Waals surface area contributed by atoms with Crippen LogP contribution in [0.2, 0.25) is 0 Å². The Bertz CT molecular complexity index is 1530. The van der Waals surface area contributed by atoms with Crippen LogP contribution in [0.15, 0.2) is 52.1 Å². The van der Waals surface area contributed by atoms with E-state index in [2.05, 4.69) is 15.3 Å². The molecule has 0 aliphatic carbocycles. The van der Waals surface area contributed by atoms with E-state index in [1.807, 2.05) is 12.1 Å². The zero-order valence-electron chi connectivity index (χ0n) is 17.8. The zero-order valence-corrected chi connectivity index (χ0v) is 17.8. The van der Waals surface area contributed by atoms with E-state index in [-0.39, 0.29) is 11.3 Å². The first-order valence-corrected chi connectivity index (χ1v) is 10.4. The fourth-order valence-electron chi connectivity index (χ4n) is 4.44. The number of alkyl halides is 3. The predicted molar refractivity (Wildman–Crippen MR) is 118 cm³/mol. The van der Waals surface area contributed by atoms with Gasteiger partial charge in [0.25, 0.3) is 5.56 Å². The molecule has 0 bridgehead atoms. The highest BCUT2D eigenvalue weighted by Crippen LogP contribution is 2.37. The molecular formula is C23H19F3N4O4.